The fourth-order valence-corrected chi connectivity index (χ4v) is 6.31. The van der Waals surface area contributed by atoms with E-state index < -0.39 is 16.1 Å². The number of carbonyl (C=O) groups excluding carboxylic acids is 1. The van der Waals surface area contributed by atoms with Crippen molar-refractivity contribution in [2.75, 3.05) is 10.8 Å². The lowest BCUT2D eigenvalue weighted by atomic mass is 9.89. The molecule has 1 aliphatic heterocycles. The number of para-hydroxylation sites is 2. The number of nitrogens with one attached hydrogen (secondary N) is 1. The van der Waals surface area contributed by atoms with E-state index in [0.29, 0.717) is 16.5 Å². The fourth-order valence-electron chi connectivity index (χ4n) is 4.71. The number of aryl methyl sites for hydroxylation is 2. The van der Waals surface area contributed by atoms with E-state index in [1.807, 2.05) is 6.92 Å². The number of anilines is 1. The summed E-state index contributed by atoms with van der Waals surface area (Å²) in [6.45, 7) is 1.80. The SMILES string of the molecule is C[C@H](NC(=O)[C@@H]1CN(S(=O)(=O)c2ccc(Cl)cc2)c2ccccc2O1)c1ccc2c(c1)CCCC2. The number of rotatable bonds is 5. The summed E-state index contributed by atoms with van der Waals surface area (Å²) < 4.78 is 34.2. The minimum Gasteiger partial charge on any atom is -0.476 e. The van der Waals surface area contributed by atoms with Crippen LogP contribution in [0.5, 0.6) is 5.75 Å². The highest BCUT2D eigenvalue weighted by molar-refractivity contribution is 7.92. The summed E-state index contributed by atoms with van der Waals surface area (Å²) in [6, 6.07) is 19.0. The van der Waals surface area contributed by atoms with E-state index in [1.54, 1.807) is 24.3 Å². The van der Waals surface area contributed by atoms with Gasteiger partial charge >= 0.3 is 0 Å². The molecule has 0 saturated carbocycles. The number of amides is 1. The van der Waals surface area contributed by atoms with Crippen molar-refractivity contribution < 1.29 is 17.9 Å². The summed E-state index contributed by atoms with van der Waals surface area (Å²) >= 11 is 5.95. The minimum absolute atomic E-state index is 0.0974. The topological polar surface area (TPSA) is 75.7 Å². The molecular formula is C27H27ClN2O4S. The summed E-state index contributed by atoms with van der Waals surface area (Å²) in [5, 5.41) is 3.46. The molecule has 1 N–H and O–H groups in total. The first-order valence-corrected chi connectivity index (χ1v) is 13.6. The van der Waals surface area contributed by atoms with Gasteiger partial charge in [-0.15, -0.1) is 0 Å². The second kappa shape index (κ2) is 9.55. The molecule has 3 aromatic carbocycles. The van der Waals surface area contributed by atoms with Gasteiger partial charge in [0.25, 0.3) is 15.9 Å². The zero-order valence-corrected chi connectivity index (χ0v) is 21.0. The molecule has 0 aromatic heterocycles. The molecule has 0 radical (unpaired) electrons. The van der Waals surface area contributed by atoms with E-state index in [9.17, 15) is 13.2 Å². The Morgan fingerprint density at radius 3 is 2.51 bits per heavy atom. The van der Waals surface area contributed by atoms with Gasteiger partial charge in [-0.1, -0.05) is 41.9 Å². The summed E-state index contributed by atoms with van der Waals surface area (Å²) in [4.78, 5) is 13.4. The third-order valence-corrected chi connectivity index (χ3v) is 8.71. The Morgan fingerprint density at radius 2 is 1.74 bits per heavy atom. The lowest BCUT2D eigenvalue weighted by Gasteiger charge is -2.35. The molecule has 6 nitrogen and oxygen atoms in total. The van der Waals surface area contributed by atoms with Crippen molar-refractivity contribution in [1.29, 1.82) is 0 Å². The molecule has 35 heavy (non-hydrogen) atoms. The quantitative estimate of drug-likeness (QED) is 0.521. The third-order valence-electron chi connectivity index (χ3n) is 6.66. The van der Waals surface area contributed by atoms with Crippen molar-refractivity contribution in [2.45, 2.75) is 49.6 Å². The minimum atomic E-state index is -3.93. The highest BCUT2D eigenvalue weighted by Gasteiger charge is 2.37. The molecular weight excluding hydrogens is 484 g/mol. The van der Waals surface area contributed by atoms with E-state index >= 15 is 0 Å². The molecule has 5 rings (SSSR count). The van der Waals surface area contributed by atoms with Crippen LogP contribution in [-0.4, -0.2) is 27.0 Å². The summed E-state index contributed by atoms with van der Waals surface area (Å²) in [5.74, 6) is -0.0149. The Hall–Kier alpha value is -3.03. The predicted octanol–water partition coefficient (Wildman–Crippen LogP) is 5.05. The maximum absolute atomic E-state index is 13.5. The number of benzene rings is 3. The molecule has 8 heteroatoms. The molecule has 1 aliphatic carbocycles. The maximum Gasteiger partial charge on any atom is 0.264 e. The van der Waals surface area contributed by atoms with Crippen LogP contribution in [0, 0.1) is 0 Å². The molecule has 0 spiro atoms. The number of carbonyl (C=O) groups is 1. The Morgan fingerprint density at radius 1 is 1.03 bits per heavy atom. The second-order valence-electron chi connectivity index (χ2n) is 9.03. The van der Waals surface area contributed by atoms with Gasteiger partial charge in [-0.05, 0) is 85.7 Å². The zero-order chi connectivity index (χ0) is 24.6. The molecule has 1 heterocycles. The number of nitrogens with zero attached hydrogens (tertiary/aromatic N) is 1. The van der Waals surface area contributed by atoms with Gasteiger partial charge in [0.15, 0.2) is 6.10 Å². The molecule has 2 atom stereocenters. The van der Waals surface area contributed by atoms with Crippen LogP contribution < -0.4 is 14.4 Å². The van der Waals surface area contributed by atoms with Crippen molar-refractivity contribution in [3.05, 3.63) is 88.4 Å². The third kappa shape index (κ3) is 4.75. The lowest BCUT2D eigenvalue weighted by molar-refractivity contribution is -0.128. The molecule has 0 saturated heterocycles. The fraction of sp³-hybridized carbons (Fsp3) is 0.296. The van der Waals surface area contributed by atoms with Crippen molar-refractivity contribution in [2.24, 2.45) is 0 Å². The van der Waals surface area contributed by atoms with Crippen LogP contribution in [0.1, 0.15) is 42.5 Å². The Bertz CT molecular complexity index is 1360. The van der Waals surface area contributed by atoms with E-state index in [0.717, 1.165) is 18.4 Å². The number of halogens is 1. The zero-order valence-electron chi connectivity index (χ0n) is 19.4. The van der Waals surface area contributed by atoms with Crippen LogP contribution >= 0.6 is 11.6 Å². The highest BCUT2D eigenvalue weighted by atomic mass is 35.5. The molecule has 3 aromatic rings. The second-order valence-corrected chi connectivity index (χ2v) is 11.3. The average molecular weight is 511 g/mol. The molecule has 1 amide bonds. The van der Waals surface area contributed by atoms with Crippen LogP contribution in [0.25, 0.3) is 0 Å². The summed E-state index contributed by atoms with van der Waals surface area (Å²) in [5.41, 5.74) is 4.15. The van der Waals surface area contributed by atoms with Crippen LogP contribution in [0.3, 0.4) is 0 Å². The van der Waals surface area contributed by atoms with E-state index in [2.05, 4.69) is 23.5 Å². The smallest absolute Gasteiger partial charge is 0.264 e. The molecule has 0 fully saturated rings. The van der Waals surface area contributed by atoms with Crippen molar-refractivity contribution >= 4 is 33.2 Å². The summed E-state index contributed by atoms with van der Waals surface area (Å²) in [6.07, 6.45) is 3.57. The van der Waals surface area contributed by atoms with Crippen molar-refractivity contribution in [3.63, 3.8) is 0 Å². The van der Waals surface area contributed by atoms with Crippen molar-refractivity contribution in [3.8, 4) is 5.75 Å². The van der Waals surface area contributed by atoms with Crippen LogP contribution in [-0.2, 0) is 27.7 Å². The first-order chi connectivity index (χ1) is 16.8. The molecule has 0 unspecified atom stereocenters. The van der Waals surface area contributed by atoms with Crippen molar-refractivity contribution in [1.82, 2.24) is 5.32 Å². The van der Waals surface area contributed by atoms with Gasteiger partial charge in [0.2, 0.25) is 0 Å². The number of hydrogen-bond donors (Lipinski definition) is 1. The van der Waals surface area contributed by atoms with Crippen LogP contribution in [0.15, 0.2) is 71.6 Å². The molecule has 2 aliphatic rings. The standard InChI is InChI=1S/C27H27ClN2O4S/c1-18(20-11-10-19-6-2-3-7-21(19)16-20)29-27(31)26-17-30(24-8-4-5-9-25(24)34-26)35(32,33)23-14-12-22(28)13-15-23/h4-5,8-16,18,26H,2-3,6-7,17H2,1H3,(H,29,31)/t18-,26-/m0/s1. The monoisotopic (exact) mass is 510 g/mol. The van der Waals surface area contributed by atoms with E-state index in [-0.39, 0.29) is 23.4 Å². The van der Waals surface area contributed by atoms with E-state index in [4.69, 9.17) is 16.3 Å². The first kappa shape index (κ1) is 23.7. The van der Waals surface area contributed by atoms with Gasteiger partial charge in [-0.25, -0.2) is 8.42 Å². The summed E-state index contributed by atoms with van der Waals surface area (Å²) in [7, 11) is -3.93. The first-order valence-electron chi connectivity index (χ1n) is 11.8. The number of ether oxygens (including phenoxy) is 1. The predicted molar refractivity (Wildman–Crippen MR) is 136 cm³/mol. The van der Waals surface area contributed by atoms with Gasteiger partial charge in [-0.2, -0.15) is 0 Å². The largest absolute Gasteiger partial charge is 0.476 e. The van der Waals surface area contributed by atoms with E-state index in [1.165, 1.54) is 52.5 Å². The maximum atomic E-state index is 13.5. The highest BCUT2D eigenvalue weighted by Crippen LogP contribution is 2.37. The average Bonchev–Trinajstić information content (AvgIpc) is 2.87. The lowest BCUT2D eigenvalue weighted by Crippen LogP contribution is -2.51. The van der Waals surface area contributed by atoms with Gasteiger partial charge in [-0.3, -0.25) is 9.10 Å². The van der Waals surface area contributed by atoms with Gasteiger partial charge in [0, 0.05) is 5.02 Å². The number of sulfonamides is 1. The molecule has 0 bridgehead atoms. The Kier molecular flexibility index (Phi) is 6.47. The van der Waals surface area contributed by atoms with Gasteiger partial charge in [0.1, 0.15) is 5.75 Å². The van der Waals surface area contributed by atoms with Gasteiger partial charge in [0.05, 0.1) is 23.2 Å². The Balaban J connectivity index is 1.38. The number of fused-ring (bicyclic) bond motifs is 2. The van der Waals surface area contributed by atoms with Gasteiger partial charge < -0.3 is 10.1 Å². The molecule has 182 valence electrons. The van der Waals surface area contributed by atoms with Crippen LogP contribution in [0.4, 0.5) is 5.69 Å². The Labute approximate surface area is 210 Å². The van der Waals surface area contributed by atoms with Crippen LogP contribution in [0.2, 0.25) is 5.02 Å². The number of hydrogen-bond acceptors (Lipinski definition) is 4. The normalized spacial score (nSPS) is 18.1.